The van der Waals surface area contributed by atoms with Crippen LogP contribution in [0.1, 0.15) is 50.1 Å². The number of methoxy groups -OCH3 is 1. The van der Waals surface area contributed by atoms with Gasteiger partial charge in [0.2, 0.25) is 0 Å². The zero-order valence-electron chi connectivity index (χ0n) is 13.8. The summed E-state index contributed by atoms with van der Waals surface area (Å²) in [6.07, 6.45) is 2.62. The fourth-order valence-electron chi connectivity index (χ4n) is 2.45. The molecule has 5 heteroatoms. The molecule has 0 bridgehead atoms. The summed E-state index contributed by atoms with van der Waals surface area (Å²) in [6.45, 7) is 11.5. The van der Waals surface area contributed by atoms with Crippen LogP contribution in [0.15, 0.2) is 0 Å². The maximum Gasteiger partial charge on any atom is 0.185 e. The van der Waals surface area contributed by atoms with Crippen molar-refractivity contribution >= 4 is 16.5 Å². The van der Waals surface area contributed by atoms with Crippen molar-refractivity contribution in [1.82, 2.24) is 10.3 Å². The van der Waals surface area contributed by atoms with Crippen molar-refractivity contribution in [3.63, 3.8) is 0 Å². The van der Waals surface area contributed by atoms with Crippen molar-refractivity contribution in [3.8, 4) is 0 Å². The molecule has 0 aliphatic heterocycles. The summed E-state index contributed by atoms with van der Waals surface area (Å²) in [5.41, 5.74) is 1.35. The quantitative estimate of drug-likeness (QED) is 0.673. The normalized spacial score (nSPS) is 14.9. The summed E-state index contributed by atoms with van der Waals surface area (Å²) in [4.78, 5) is 8.81. The molecule has 1 saturated carbocycles. The molecule has 1 aliphatic carbocycles. The number of anilines is 1. The first-order chi connectivity index (χ1) is 10.2. The van der Waals surface area contributed by atoms with Crippen LogP contribution in [0.5, 0.6) is 0 Å². The SMILES string of the molecule is CCN(CC(C)C)c1nc(C2CC2)c(CNCCOC)s1. The molecule has 0 atom stereocenters. The number of hydrogen-bond donors (Lipinski definition) is 1. The fourth-order valence-corrected chi connectivity index (χ4v) is 3.64. The lowest BCUT2D eigenvalue weighted by molar-refractivity contribution is 0.199. The fraction of sp³-hybridized carbons (Fsp3) is 0.812. The van der Waals surface area contributed by atoms with Gasteiger partial charge >= 0.3 is 0 Å². The molecule has 2 rings (SSSR count). The number of nitrogens with zero attached hydrogens (tertiary/aromatic N) is 2. The van der Waals surface area contributed by atoms with E-state index in [0.29, 0.717) is 11.8 Å². The highest BCUT2D eigenvalue weighted by Gasteiger charge is 2.30. The lowest BCUT2D eigenvalue weighted by atomic mass is 10.2. The van der Waals surface area contributed by atoms with E-state index in [-0.39, 0.29) is 0 Å². The predicted molar refractivity (Wildman–Crippen MR) is 90.4 cm³/mol. The first-order valence-corrected chi connectivity index (χ1v) is 8.91. The third kappa shape index (κ3) is 4.94. The first kappa shape index (κ1) is 16.7. The van der Waals surface area contributed by atoms with Crippen LogP contribution in [-0.2, 0) is 11.3 Å². The minimum Gasteiger partial charge on any atom is -0.383 e. The van der Waals surface area contributed by atoms with Gasteiger partial charge in [0.25, 0.3) is 0 Å². The summed E-state index contributed by atoms with van der Waals surface area (Å²) in [6, 6.07) is 0. The molecule has 21 heavy (non-hydrogen) atoms. The molecule has 1 aromatic rings. The van der Waals surface area contributed by atoms with E-state index < -0.39 is 0 Å². The molecule has 0 saturated heterocycles. The second kappa shape index (κ2) is 8.11. The van der Waals surface area contributed by atoms with Crippen LogP contribution in [-0.4, -0.2) is 38.3 Å². The Hall–Kier alpha value is -0.650. The Kier molecular flexibility index (Phi) is 6.45. The third-order valence-electron chi connectivity index (χ3n) is 3.69. The van der Waals surface area contributed by atoms with E-state index in [9.17, 15) is 0 Å². The van der Waals surface area contributed by atoms with Crippen molar-refractivity contribution in [2.45, 2.75) is 46.1 Å². The van der Waals surface area contributed by atoms with Gasteiger partial charge in [-0.2, -0.15) is 0 Å². The number of ether oxygens (including phenoxy) is 1. The van der Waals surface area contributed by atoms with Crippen LogP contribution in [0.4, 0.5) is 5.13 Å². The van der Waals surface area contributed by atoms with Crippen LogP contribution < -0.4 is 10.2 Å². The smallest absolute Gasteiger partial charge is 0.185 e. The van der Waals surface area contributed by atoms with Gasteiger partial charge in [0.1, 0.15) is 0 Å². The molecule has 120 valence electrons. The van der Waals surface area contributed by atoms with Crippen LogP contribution in [0, 0.1) is 5.92 Å². The first-order valence-electron chi connectivity index (χ1n) is 8.09. The van der Waals surface area contributed by atoms with Crippen molar-refractivity contribution in [3.05, 3.63) is 10.6 Å². The Morgan fingerprint density at radius 2 is 2.19 bits per heavy atom. The molecular weight excluding hydrogens is 282 g/mol. The Bertz CT molecular complexity index is 429. The maximum absolute atomic E-state index is 5.09. The molecular formula is C16H29N3OS. The van der Waals surface area contributed by atoms with Gasteiger partial charge in [-0.25, -0.2) is 4.98 Å². The van der Waals surface area contributed by atoms with Gasteiger partial charge in [0.05, 0.1) is 12.3 Å². The minimum atomic E-state index is 0.668. The number of aromatic nitrogens is 1. The molecule has 1 fully saturated rings. The van der Waals surface area contributed by atoms with E-state index in [4.69, 9.17) is 9.72 Å². The van der Waals surface area contributed by atoms with E-state index in [1.165, 1.54) is 28.5 Å². The second-order valence-corrected chi connectivity index (χ2v) is 7.24. The number of thiazole rings is 1. The number of rotatable bonds is 10. The lowest BCUT2D eigenvalue weighted by Gasteiger charge is -2.21. The molecule has 0 amide bonds. The van der Waals surface area contributed by atoms with Gasteiger partial charge in [-0.3, -0.25) is 0 Å². The van der Waals surface area contributed by atoms with Gasteiger partial charge < -0.3 is 15.0 Å². The third-order valence-corrected chi connectivity index (χ3v) is 4.82. The van der Waals surface area contributed by atoms with Crippen LogP contribution in [0.25, 0.3) is 0 Å². The maximum atomic E-state index is 5.09. The Morgan fingerprint density at radius 3 is 2.76 bits per heavy atom. The molecule has 1 heterocycles. The Balaban J connectivity index is 2.04. The average molecular weight is 311 g/mol. The van der Waals surface area contributed by atoms with Crippen LogP contribution in [0.3, 0.4) is 0 Å². The highest BCUT2D eigenvalue weighted by atomic mass is 32.1. The van der Waals surface area contributed by atoms with Crippen molar-refractivity contribution in [2.24, 2.45) is 5.92 Å². The molecule has 4 nitrogen and oxygen atoms in total. The standard InChI is InChI=1S/C16H29N3OS/c1-5-19(11-12(2)3)16-18-15(13-6-7-13)14(21-16)10-17-8-9-20-4/h12-13,17H,5-11H2,1-4H3. The molecule has 1 N–H and O–H groups in total. The van der Waals surface area contributed by atoms with Crippen molar-refractivity contribution < 1.29 is 4.74 Å². The summed E-state index contributed by atoms with van der Waals surface area (Å²) < 4.78 is 5.09. The highest BCUT2D eigenvalue weighted by Crippen LogP contribution is 2.44. The van der Waals surface area contributed by atoms with Gasteiger partial charge in [-0.1, -0.05) is 13.8 Å². The number of nitrogens with one attached hydrogen (secondary N) is 1. The summed E-state index contributed by atoms with van der Waals surface area (Å²) in [7, 11) is 1.74. The van der Waals surface area contributed by atoms with Gasteiger partial charge in [-0.05, 0) is 25.7 Å². The minimum absolute atomic E-state index is 0.668. The molecule has 1 aromatic heterocycles. The van der Waals surface area contributed by atoms with E-state index in [1.54, 1.807) is 7.11 Å². The molecule has 1 aliphatic rings. The Labute approximate surface area is 132 Å². The van der Waals surface area contributed by atoms with Gasteiger partial charge in [0.15, 0.2) is 5.13 Å². The predicted octanol–water partition coefficient (Wildman–Crippen LogP) is 3.24. The Morgan fingerprint density at radius 1 is 1.43 bits per heavy atom. The van der Waals surface area contributed by atoms with E-state index in [2.05, 4.69) is 31.0 Å². The highest BCUT2D eigenvalue weighted by molar-refractivity contribution is 7.15. The topological polar surface area (TPSA) is 37.4 Å². The van der Waals surface area contributed by atoms with E-state index >= 15 is 0 Å². The zero-order valence-corrected chi connectivity index (χ0v) is 14.6. The van der Waals surface area contributed by atoms with E-state index in [1.807, 2.05) is 11.3 Å². The van der Waals surface area contributed by atoms with Crippen LogP contribution in [0.2, 0.25) is 0 Å². The molecule has 0 aromatic carbocycles. The summed E-state index contributed by atoms with van der Waals surface area (Å²) in [5.74, 6) is 1.38. The van der Waals surface area contributed by atoms with E-state index in [0.717, 1.165) is 32.8 Å². The molecule has 0 spiro atoms. The number of hydrogen-bond acceptors (Lipinski definition) is 5. The van der Waals surface area contributed by atoms with Crippen molar-refractivity contribution in [2.75, 3.05) is 38.3 Å². The summed E-state index contributed by atoms with van der Waals surface area (Å²) >= 11 is 1.87. The van der Waals surface area contributed by atoms with Gasteiger partial charge in [0, 0.05) is 44.1 Å². The van der Waals surface area contributed by atoms with Crippen LogP contribution >= 0.6 is 11.3 Å². The molecule has 0 unspecified atom stereocenters. The average Bonchev–Trinajstić information content (AvgIpc) is 3.22. The second-order valence-electron chi connectivity index (χ2n) is 6.18. The molecule has 0 radical (unpaired) electrons. The summed E-state index contributed by atoms with van der Waals surface area (Å²) in [5, 5.41) is 4.67. The lowest BCUT2D eigenvalue weighted by Crippen LogP contribution is -2.27. The monoisotopic (exact) mass is 311 g/mol. The van der Waals surface area contributed by atoms with Gasteiger partial charge in [-0.15, -0.1) is 11.3 Å². The zero-order chi connectivity index (χ0) is 15.2. The largest absolute Gasteiger partial charge is 0.383 e. The van der Waals surface area contributed by atoms with Crippen molar-refractivity contribution in [1.29, 1.82) is 0 Å².